The lowest BCUT2D eigenvalue weighted by Gasteiger charge is -2.13. The van der Waals surface area contributed by atoms with Crippen molar-refractivity contribution in [2.24, 2.45) is 0 Å². The monoisotopic (exact) mass is 884 g/mol. The molecule has 0 amide bonds. The molecule has 0 N–H and O–H groups in total. The second kappa shape index (κ2) is 18.2. The van der Waals surface area contributed by atoms with E-state index in [2.05, 4.69) is 266 Å². The number of furan rings is 1. The van der Waals surface area contributed by atoms with Crippen molar-refractivity contribution < 1.29 is 4.42 Å². The van der Waals surface area contributed by atoms with Gasteiger partial charge in [-0.15, -0.1) is 13.2 Å². The van der Waals surface area contributed by atoms with Crippen molar-refractivity contribution in [2.45, 2.75) is 0 Å². The molecule has 0 radical (unpaired) electrons. The molecule has 0 saturated carbocycles. The summed E-state index contributed by atoms with van der Waals surface area (Å²) < 4.78 is 11.3. The summed E-state index contributed by atoms with van der Waals surface area (Å²) in [5.74, 6) is 0. The average molecular weight is 885 g/mol. The van der Waals surface area contributed by atoms with Gasteiger partial charge in [-0.05, 0) is 129 Å². The van der Waals surface area contributed by atoms with E-state index in [4.69, 9.17) is 4.42 Å². The summed E-state index contributed by atoms with van der Waals surface area (Å²) >= 11 is 0. The summed E-state index contributed by atoms with van der Waals surface area (Å²) in [6.07, 6.45) is 3.28. The highest BCUT2D eigenvalue weighted by molar-refractivity contribution is 6.15. The fraction of sp³-hybridized carbons (Fsp3) is 0. The summed E-state index contributed by atoms with van der Waals surface area (Å²) in [7, 11) is 0. The Morgan fingerprint density at radius 1 is 0.304 bits per heavy atom. The molecule has 3 nitrogen and oxygen atoms in total. The molecule has 3 heteroatoms. The summed E-state index contributed by atoms with van der Waals surface area (Å²) in [6.45, 7) is 12.7. The molecule has 3 aromatic heterocycles. The number of para-hydroxylation sites is 4. The van der Waals surface area contributed by atoms with Crippen LogP contribution in [0, 0.1) is 0 Å². The molecular formula is C66H48N2O. The first kappa shape index (κ1) is 42.5. The van der Waals surface area contributed by atoms with Gasteiger partial charge >= 0.3 is 0 Å². The van der Waals surface area contributed by atoms with E-state index < -0.39 is 0 Å². The number of aromatic nitrogens is 2. The Balaban J connectivity index is 0.000000827. The van der Waals surface area contributed by atoms with Crippen molar-refractivity contribution >= 4 is 65.6 Å². The molecule has 0 aliphatic carbocycles. The van der Waals surface area contributed by atoms with Crippen LogP contribution < -0.4 is 0 Å². The zero-order chi connectivity index (χ0) is 46.8. The smallest absolute Gasteiger partial charge is 0.136 e. The Labute approximate surface area is 402 Å². The molecule has 0 spiro atoms. The van der Waals surface area contributed by atoms with E-state index in [0.717, 1.165) is 50.0 Å². The van der Waals surface area contributed by atoms with Crippen molar-refractivity contribution in [3.63, 3.8) is 0 Å². The molecule has 0 fully saturated rings. The minimum absolute atomic E-state index is 0.883. The van der Waals surface area contributed by atoms with Crippen LogP contribution in [-0.2, 0) is 0 Å². The topological polar surface area (TPSA) is 23.0 Å². The van der Waals surface area contributed by atoms with E-state index in [9.17, 15) is 0 Å². The highest BCUT2D eigenvalue weighted by Crippen LogP contribution is 2.43. The van der Waals surface area contributed by atoms with Crippen molar-refractivity contribution in [2.75, 3.05) is 0 Å². The summed E-state index contributed by atoms with van der Waals surface area (Å²) in [4.78, 5) is 0. The SMILES string of the molecule is C=C.C=CC=C.c1ccc(-n2c3ccccc3c3cc(-c4ccc5oc6cccc(-c7cccc(-c8ccccc8-c8ccc9c(c8)c8ccccc8n9-c8ccccc8)c7)c6c5c4)ccc32)cc1. The van der Waals surface area contributed by atoms with Crippen LogP contribution in [0.15, 0.2) is 273 Å². The first-order chi connectivity index (χ1) is 34.2. The minimum Gasteiger partial charge on any atom is -0.456 e. The molecule has 0 unspecified atom stereocenters. The van der Waals surface area contributed by atoms with E-state index in [-0.39, 0.29) is 0 Å². The maximum Gasteiger partial charge on any atom is 0.136 e. The molecule has 0 aliphatic rings. The second-order valence-corrected chi connectivity index (χ2v) is 16.9. The van der Waals surface area contributed by atoms with E-state index >= 15 is 0 Å². The largest absolute Gasteiger partial charge is 0.456 e. The van der Waals surface area contributed by atoms with Crippen molar-refractivity contribution in [1.82, 2.24) is 9.13 Å². The third-order valence-electron chi connectivity index (χ3n) is 13.1. The fourth-order valence-corrected chi connectivity index (χ4v) is 10.1. The number of fused-ring (bicyclic) bond motifs is 9. The van der Waals surface area contributed by atoms with Gasteiger partial charge in [0.25, 0.3) is 0 Å². The summed E-state index contributed by atoms with van der Waals surface area (Å²) in [5.41, 5.74) is 18.3. The molecule has 10 aromatic carbocycles. The molecule has 328 valence electrons. The molecule has 3 heterocycles. The first-order valence-corrected chi connectivity index (χ1v) is 23.2. The van der Waals surface area contributed by atoms with Gasteiger partial charge in [0.15, 0.2) is 0 Å². The molecular weight excluding hydrogens is 837 g/mol. The van der Waals surface area contributed by atoms with Gasteiger partial charge in [-0.25, -0.2) is 0 Å². The summed E-state index contributed by atoms with van der Waals surface area (Å²) in [5, 5.41) is 7.21. The van der Waals surface area contributed by atoms with Gasteiger partial charge in [-0.2, -0.15) is 0 Å². The lowest BCUT2D eigenvalue weighted by atomic mass is 9.91. The number of allylic oxidation sites excluding steroid dienone is 2. The van der Waals surface area contributed by atoms with Crippen LogP contribution >= 0.6 is 0 Å². The Hall–Kier alpha value is -9.18. The third-order valence-corrected chi connectivity index (χ3v) is 13.1. The predicted molar refractivity (Wildman–Crippen MR) is 296 cm³/mol. The number of rotatable bonds is 7. The van der Waals surface area contributed by atoms with Crippen LogP contribution in [0.1, 0.15) is 0 Å². The number of hydrogen-bond acceptors (Lipinski definition) is 1. The molecule has 0 saturated heterocycles. The van der Waals surface area contributed by atoms with Gasteiger partial charge in [0, 0.05) is 43.7 Å². The highest BCUT2D eigenvalue weighted by Gasteiger charge is 2.18. The van der Waals surface area contributed by atoms with Crippen molar-refractivity contribution in [3.05, 3.63) is 269 Å². The van der Waals surface area contributed by atoms with Gasteiger partial charge in [0.05, 0.1) is 22.1 Å². The molecule has 0 aliphatic heterocycles. The predicted octanol–water partition coefficient (Wildman–Crippen LogP) is 18.6. The van der Waals surface area contributed by atoms with E-state index in [1.54, 1.807) is 12.2 Å². The Morgan fingerprint density at radius 3 is 1.30 bits per heavy atom. The van der Waals surface area contributed by atoms with Gasteiger partial charge in [-0.3, -0.25) is 0 Å². The molecule has 69 heavy (non-hydrogen) atoms. The van der Waals surface area contributed by atoms with Crippen molar-refractivity contribution in [3.8, 4) is 55.9 Å². The lowest BCUT2D eigenvalue weighted by Crippen LogP contribution is -1.93. The lowest BCUT2D eigenvalue weighted by molar-refractivity contribution is 0.669. The third kappa shape index (κ3) is 7.43. The molecule has 0 atom stereocenters. The molecule has 13 aromatic rings. The van der Waals surface area contributed by atoms with Crippen LogP contribution in [0.3, 0.4) is 0 Å². The van der Waals surface area contributed by atoms with E-state index in [1.807, 2.05) is 0 Å². The zero-order valence-corrected chi connectivity index (χ0v) is 38.2. The maximum absolute atomic E-state index is 6.57. The zero-order valence-electron chi connectivity index (χ0n) is 38.2. The first-order valence-electron chi connectivity index (χ1n) is 23.2. The van der Waals surface area contributed by atoms with Crippen molar-refractivity contribution in [1.29, 1.82) is 0 Å². The Bertz CT molecular complexity index is 4030. The highest BCUT2D eigenvalue weighted by atomic mass is 16.3. The van der Waals surface area contributed by atoms with Gasteiger partial charge in [-0.1, -0.05) is 171 Å². The van der Waals surface area contributed by atoms with E-state index in [1.165, 1.54) is 71.4 Å². The summed E-state index contributed by atoms with van der Waals surface area (Å²) in [6, 6.07) is 83.4. The molecule has 0 bridgehead atoms. The Morgan fingerprint density at radius 2 is 0.725 bits per heavy atom. The fourth-order valence-electron chi connectivity index (χ4n) is 10.1. The van der Waals surface area contributed by atoms with E-state index in [0.29, 0.717) is 0 Å². The average Bonchev–Trinajstić information content (AvgIpc) is 4.09. The van der Waals surface area contributed by atoms with Gasteiger partial charge in [0.1, 0.15) is 11.2 Å². The number of hydrogen-bond donors (Lipinski definition) is 0. The van der Waals surface area contributed by atoms with Crippen LogP contribution in [0.4, 0.5) is 0 Å². The minimum atomic E-state index is 0.883. The Kier molecular flexibility index (Phi) is 11.2. The van der Waals surface area contributed by atoms with Gasteiger partial charge < -0.3 is 13.6 Å². The van der Waals surface area contributed by atoms with Crippen LogP contribution in [0.5, 0.6) is 0 Å². The normalized spacial score (nSPS) is 11.1. The standard InChI is InChI=1S/C60H38N2O.C4H6.C2H4/c1-3-17-44(18-4-1)61-54-26-11-9-23-49(54)51-36-39(29-32-56(51)61)40-31-34-58-53(37-40)60-48(25-14-28-59(60)63-58)42-16-13-15-41(35-42)46-21-7-8-22-47(46)43-30-33-57-52(38-43)50-24-10-12-27-55(50)62(57)45-19-5-2-6-20-45;1-3-4-2;1-2/h1-38H;3-4H,1-2H2;1-2H2. The quantitative estimate of drug-likeness (QED) is 0.116. The van der Waals surface area contributed by atoms with Crippen LogP contribution in [-0.4, -0.2) is 9.13 Å². The number of benzene rings is 10. The maximum atomic E-state index is 6.57. The second-order valence-electron chi connectivity index (χ2n) is 16.9. The van der Waals surface area contributed by atoms with Gasteiger partial charge in [0.2, 0.25) is 0 Å². The number of nitrogens with zero attached hydrogens (tertiary/aromatic N) is 2. The van der Waals surface area contributed by atoms with Crippen LogP contribution in [0.2, 0.25) is 0 Å². The molecule has 13 rings (SSSR count). The van der Waals surface area contributed by atoms with Crippen LogP contribution in [0.25, 0.3) is 121 Å².